The van der Waals surface area contributed by atoms with Crippen molar-refractivity contribution in [3.8, 4) is 28.7 Å². The number of methoxy groups -OCH3 is 1. The van der Waals surface area contributed by atoms with Gasteiger partial charge < -0.3 is 30.8 Å². The Morgan fingerprint density at radius 2 is 2.09 bits per heavy atom. The van der Waals surface area contributed by atoms with Crippen LogP contribution in [0.25, 0.3) is 22.8 Å². The summed E-state index contributed by atoms with van der Waals surface area (Å²) in [7, 11) is 1.30. The number of ether oxygens (including phenoxy) is 2. The maximum absolute atomic E-state index is 12.7. The lowest BCUT2D eigenvalue weighted by Gasteiger charge is -2.08. The van der Waals surface area contributed by atoms with E-state index in [1.54, 1.807) is 12.3 Å². The Hall–Kier alpha value is -4.03. The maximum Gasteiger partial charge on any atom is 0.406 e. The van der Waals surface area contributed by atoms with Crippen LogP contribution in [0.3, 0.4) is 0 Å². The van der Waals surface area contributed by atoms with Gasteiger partial charge >= 0.3 is 6.09 Å². The first-order chi connectivity index (χ1) is 15.6. The average molecular weight is 443 g/mol. The molecule has 0 atom stereocenters. The van der Waals surface area contributed by atoms with Gasteiger partial charge in [-0.15, -0.1) is 0 Å². The summed E-state index contributed by atoms with van der Waals surface area (Å²) in [6.45, 7) is -0.344. The number of hydrogen-bond acceptors (Lipinski definition) is 10. The van der Waals surface area contributed by atoms with E-state index in [0.29, 0.717) is 47.7 Å². The summed E-state index contributed by atoms with van der Waals surface area (Å²) in [5.41, 5.74) is 7.78. The van der Waals surface area contributed by atoms with E-state index >= 15 is 0 Å². The molecule has 1 amide bonds. The standard InChI is InChI=1S/C19H22FN9O3/c1-31-19(30)24-7-6-23-18-22-5-4-11(27-18)13-14(29-16(28-13)10-2-3-10)12-8-25-15(21)17(26-12)32-9-20/h4-5,8,10H,2-3,6-7,9H2,1H3,(H2,21,25)(H,24,30)(H,28,29)(H,22,23,27). The molecule has 13 heteroatoms. The number of nitrogens with one attached hydrogen (secondary N) is 3. The number of alkyl halides is 1. The third-order valence-electron chi connectivity index (χ3n) is 4.66. The highest BCUT2D eigenvalue weighted by molar-refractivity contribution is 5.75. The molecule has 12 nitrogen and oxygen atoms in total. The summed E-state index contributed by atoms with van der Waals surface area (Å²) >= 11 is 0. The summed E-state index contributed by atoms with van der Waals surface area (Å²) in [4.78, 5) is 36.2. The first kappa shape index (κ1) is 21.2. The van der Waals surface area contributed by atoms with Crippen molar-refractivity contribution in [1.82, 2.24) is 35.2 Å². The molecule has 168 valence electrons. The van der Waals surface area contributed by atoms with Crippen molar-refractivity contribution >= 4 is 17.9 Å². The highest BCUT2D eigenvalue weighted by Gasteiger charge is 2.29. The van der Waals surface area contributed by atoms with Gasteiger partial charge in [0.05, 0.1) is 24.7 Å². The number of H-pyrrole nitrogens is 1. The second-order valence-electron chi connectivity index (χ2n) is 6.93. The van der Waals surface area contributed by atoms with Crippen LogP contribution in [0.15, 0.2) is 18.5 Å². The lowest BCUT2D eigenvalue weighted by Crippen LogP contribution is -2.28. The molecule has 3 aromatic rings. The summed E-state index contributed by atoms with van der Waals surface area (Å²) < 4.78 is 22.0. The van der Waals surface area contributed by atoms with Crippen LogP contribution in [0.4, 0.5) is 21.0 Å². The third kappa shape index (κ3) is 4.82. The molecule has 32 heavy (non-hydrogen) atoms. The Labute approximate surface area is 182 Å². The van der Waals surface area contributed by atoms with Crippen LogP contribution >= 0.6 is 0 Å². The van der Waals surface area contributed by atoms with E-state index in [2.05, 4.69) is 40.3 Å². The first-order valence-electron chi connectivity index (χ1n) is 9.89. The van der Waals surface area contributed by atoms with E-state index in [9.17, 15) is 9.18 Å². The SMILES string of the molecule is COC(=O)NCCNc1nccc(-c2[nH]c(C3CC3)nc2-c2cnc(N)c(OCF)n2)n1. The fourth-order valence-electron chi connectivity index (χ4n) is 2.96. The van der Waals surface area contributed by atoms with Crippen LogP contribution in [0, 0.1) is 0 Å². The monoisotopic (exact) mass is 443 g/mol. The van der Waals surface area contributed by atoms with Gasteiger partial charge in [0.15, 0.2) is 5.82 Å². The number of rotatable bonds is 9. The molecule has 1 aliphatic rings. The minimum Gasteiger partial charge on any atom is -0.453 e. The van der Waals surface area contributed by atoms with E-state index in [0.717, 1.165) is 18.7 Å². The largest absolute Gasteiger partial charge is 0.453 e. The van der Waals surface area contributed by atoms with Gasteiger partial charge in [-0.1, -0.05) is 0 Å². The Morgan fingerprint density at radius 1 is 1.25 bits per heavy atom. The van der Waals surface area contributed by atoms with Crippen LogP contribution in [0.2, 0.25) is 0 Å². The zero-order valence-electron chi connectivity index (χ0n) is 17.3. The Morgan fingerprint density at radius 3 is 2.84 bits per heavy atom. The van der Waals surface area contributed by atoms with E-state index in [4.69, 9.17) is 15.5 Å². The summed E-state index contributed by atoms with van der Waals surface area (Å²) in [6.07, 6.45) is 4.62. The van der Waals surface area contributed by atoms with Gasteiger partial charge in [0.25, 0.3) is 5.88 Å². The topological polar surface area (TPSA) is 166 Å². The summed E-state index contributed by atoms with van der Waals surface area (Å²) in [5.74, 6) is 1.41. The van der Waals surface area contributed by atoms with Crippen molar-refractivity contribution in [3.63, 3.8) is 0 Å². The van der Waals surface area contributed by atoms with Crippen molar-refractivity contribution in [1.29, 1.82) is 0 Å². The summed E-state index contributed by atoms with van der Waals surface area (Å²) in [6, 6.07) is 1.73. The number of amides is 1. The van der Waals surface area contributed by atoms with Crippen LogP contribution < -0.4 is 21.1 Å². The van der Waals surface area contributed by atoms with Crippen LogP contribution in [-0.4, -0.2) is 63.1 Å². The van der Waals surface area contributed by atoms with Gasteiger partial charge in [0.2, 0.25) is 12.8 Å². The Balaban J connectivity index is 1.61. The second-order valence-corrected chi connectivity index (χ2v) is 6.93. The maximum atomic E-state index is 12.7. The molecule has 0 saturated heterocycles. The van der Waals surface area contributed by atoms with E-state index < -0.39 is 13.0 Å². The lowest BCUT2D eigenvalue weighted by atomic mass is 10.2. The molecule has 0 spiro atoms. The predicted octanol–water partition coefficient (Wildman–Crippen LogP) is 1.86. The predicted molar refractivity (Wildman–Crippen MR) is 113 cm³/mol. The number of imidazole rings is 1. The quantitative estimate of drug-likeness (QED) is 0.358. The Bertz CT molecular complexity index is 1100. The smallest absolute Gasteiger partial charge is 0.406 e. The number of nitrogens with zero attached hydrogens (tertiary/aromatic N) is 5. The average Bonchev–Trinajstić information content (AvgIpc) is 3.57. The molecule has 5 N–H and O–H groups in total. The molecule has 1 saturated carbocycles. The van der Waals surface area contributed by atoms with Crippen molar-refractivity contribution in [2.75, 3.05) is 38.1 Å². The molecule has 0 aromatic carbocycles. The molecule has 0 aliphatic heterocycles. The number of nitrogen functional groups attached to an aromatic ring is 1. The van der Waals surface area contributed by atoms with Gasteiger partial charge in [-0.2, -0.15) is 0 Å². The van der Waals surface area contributed by atoms with Crippen LogP contribution in [0.5, 0.6) is 5.88 Å². The highest BCUT2D eigenvalue weighted by atomic mass is 19.1. The number of carbonyl (C=O) groups is 1. The number of anilines is 2. The number of halogens is 1. The molecule has 3 heterocycles. The van der Waals surface area contributed by atoms with Crippen LogP contribution in [-0.2, 0) is 4.74 Å². The van der Waals surface area contributed by atoms with E-state index in [-0.39, 0.29) is 11.7 Å². The van der Waals surface area contributed by atoms with Gasteiger partial charge in [0, 0.05) is 25.2 Å². The minimum atomic E-state index is -1.07. The molecule has 3 aromatic heterocycles. The number of alkyl carbamates (subject to hydrolysis) is 1. The minimum absolute atomic E-state index is 0.0139. The highest BCUT2D eigenvalue weighted by Crippen LogP contribution is 2.41. The van der Waals surface area contributed by atoms with Crippen molar-refractivity contribution in [3.05, 3.63) is 24.3 Å². The number of carbonyl (C=O) groups excluding carboxylic acids is 1. The number of aromatic nitrogens is 6. The van der Waals surface area contributed by atoms with Crippen molar-refractivity contribution in [2.24, 2.45) is 0 Å². The fourth-order valence-corrected chi connectivity index (χ4v) is 2.96. The number of nitrogens with two attached hydrogens (primary N) is 1. The Kier molecular flexibility index (Phi) is 6.24. The van der Waals surface area contributed by atoms with Gasteiger partial charge in [0.1, 0.15) is 17.2 Å². The lowest BCUT2D eigenvalue weighted by molar-refractivity contribution is 0.171. The van der Waals surface area contributed by atoms with Gasteiger partial charge in [-0.05, 0) is 18.9 Å². The molecule has 0 bridgehead atoms. The number of aromatic amines is 1. The summed E-state index contributed by atoms with van der Waals surface area (Å²) in [5, 5.41) is 5.60. The molecule has 4 rings (SSSR count). The van der Waals surface area contributed by atoms with Crippen LogP contribution in [0.1, 0.15) is 24.6 Å². The zero-order valence-corrected chi connectivity index (χ0v) is 17.3. The van der Waals surface area contributed by atoms with E-state index in [1.807, 2.05) is 0 Å². The molecule has 1 aliphatic carbocycles. The van der Waals surface area contributed by atoms with Gasteiger partial charge in [-0.3, -0.25) is 0 Å². The fraction of sp³-hybridized carbons (Fsp3) is 0.368. The van der Waals surface area contributed by atoms with Crippen molar-refractivity contribution < 1.29 is 18.7 Å². The molecule has 0 radical (unpaired) electrons. The number of hydrogen-bond donors (Lipinski definition) is 4. The zero-order chi connectivity index (χ0) is 22.5. The second kappa shape index (κ2) is 9.41. The molecule has 1 fully saturated rings. The molecular formula is C19H22FN9O3. The molecule has 0 unspecified atom stereocenters. The van der Waals surface area contributed by atoms with Gasteiger partial charge in [-0.25, -0.2) is 34.1 Å². The first-order valence-corrected chi connectivity index (χ1v) is 9.89. The normalized spacial score (nSPS) is 12.9. The third-order valence-corrected chi connectivity index (χ3v) is 4.66. The van der Waals surface area contributed by atoms with Crippen molar-refractivity contribution in [2.45, 2.75) is 18.8 Å². The van der Waals surface area contributed by atoms with E-state index in [1.165, 1.54) is 13.3 Å². The molecular weight excluding hydrogens is 421 g/mol.